The first-order valence-electron chi connectivity index (χ1n) is 6.50. The fraction of sp³-hybridized carbons (Fsp3) is 0.462. The van der Waals surface area contributed by atoms with Crippen LogP contribution in [0.5, 0.6) is 0 Å². The minimum absolute atomic E-state index is 0.0206. The fourth-order valence-corrected chi connectivity index (χ4v) is 4.39. The molecule has 1 atom stereocenters. The largest absolute Gasteiger partial charge is 0.478 e. The third-order valence-electron chi connectivity index (χ3n) is 3.59. The molecular formula is C13H16BrNO5S. The Labute approximate surface area is 131 Å². The molecule has 0 amide bonds. The highest BCUT2D eigenvalue weighted by molar-refractivity contribution is 9.10. The number of aliphatic hydroxyl groups excluding tert-OH is 1. The van der Waals surface area contributed by atoms with Gasteiger partial charge in [-0.05, 0) is 52.9 Å². The number of sulfonamides is 1. The second-order valence-corrected chi connectivity index (χ2v) is 7.77. The van der Waals surface area contributed by atoms with E-state index in [4.69, 9.17) is 10.2 Å². The summed E-state index contributed by atoms with van der Waals surface area (Å²) < 4.78 is 26.7. The van der Waals surface area contributed by atoms with Gasteiger partial charge in [-0.2, -0.15) is 4.31 Å². The van der Waals surface area contributed by atoms with E-state index in [9.17, 15) is 13.2 Å². The van der Waals surface area contributed by atoms with Gasteiger partial charge >= 0.3 is 5.97 Å². The summed E-state index contributed by atoms with van der Waals surface area (Å²) in [5.41, 5.74) is -0.0813. The number of carbonyl (C=O) groups is 1. The second-order valence-electron chi connectivity index (χ2n) is 4.98. The van der Waals surface area contributed by atoms with E-state index in [-0.39, 0.29) is 23.0 Å². The number of hydrogen-bond acceptors (Lipinski definition) is 4. The molecule has 21 heavy (non-hydrogen) atoms. The lowest BCUT2D eigenvalue weighted by atomic mass is 10.1. The molecule has 1 heterocycles. The van der Waals surface area contributed by atoms with Crippen molar-refractivity contribution >= 4 is 31.9 Å². The Morgan fingerprint density at radius 1 is 1.43 bits per heavy atom. The van der Waals surface area contributed by atoms with Gasteiger partial charge in [0.15, 0.2) is 0 Å². The van der Waals surface area contributed by atoms with Gasteiger partial charge in [0, 0.05) is 24.2 Å². The molecular weight excluding hydrogens is 362 g/mol. The van der Waals surface area contributed by atoms with Crippen molar-refractivity contribution in [2.45, 2.75) is 17.7 Å². The summed E-state index contributed by atoms with van der Waals surface area (Å²) in [6.07, 6.45) is 1.29. The Morgan fingerprint density at radius 3 is 2.76 bits per heavy atom. The number of carboxylic acids is 1. The normalized spacial score (nSPS) is 19.8. The summed E-state index contributed by atoms with van der Waals surface area (Å²) >= 11 is 3.09. The van der Waals surface area contributed by atoms with Crippen LogP contribution >= 0.6 is 15.9 Å². The van der Waals surface area contributed by atoms with E-state index in [1.54, 1.807) is 0 Å². The number of carboxylic acid groups (broad SMARTS) is 1. The van der Waals surface area contributed by atoms with Crippen LogP contribution in [0.25, 0.3) is 0 Å². The molecule has 1 aromatic carbocycles. The molecule has 0 aliphatic carbocycles. The first kappa shape index (κ1) is 16.4. The molecule has 1 aliphatic heterocycles. The summed E-state index contributed by atoms with van der Waals surface area (Å²) in [7, 11) is -3.70. The molecule has 0 spiro atoms. The van der Waals surface area contributed by atoms with Crippen LogP contribution in [-0.2, 0) is 10.0 Å². The van der Waals surface area contributed by atoms with E-state index in [1.165, 1.54) is 22.5 Å². The van der Waals surface area contributed by atoms with Gasteiger partial charge in [-0.1, -0.05) is 0 Å². The molecule has 2 rings (SSSR count). The SMILES string of the molecule is O=C(O)c1cc(S(=O)(=O)N2CCC(CCO)C2)ccc1Br. The van der Waals surface area contributed by atoms with Gasteiger partial charge in [0.25, 0.3) is 0 Å². The zero-order valence-corrected chi connectivity index (χ0v) is 13.6. The molecule has 116 valence electrons. The Morgan fingerprint density at radius 2 is 2.14 bits per heavy atom. The zero-order valence-electron chi connectivity index (χ0n) is 11.2. The van der Waals surface area contributed by atoms with Gasteiger partial charge in [-0.15, -0.1) is 0 Å². The minimum atomic E-state index is -3.70. The lowest BCUT2D eigenvalue weighted by Crippen LogP contribution is -2.29. The van der Waals surface area contributed by atoms with E-state index in [2.05, 4.69) is 15.9 Å². The number of aromatic carboxylic acids is 1. The van der Waals surface area contributed by atoms with Crippen LogP contribution < -0.4 is 0 Å². The Kier molecular flexibility index (Phi) is 5.03. The summed E-state index contributed by atoms with van der Waals surface area (Å²) in [5.74, 6) is -1.03. The van der Waals surface area contributed by atoms with Crippen molar-refractivity contribution in [2.75, 3.05) is 19.7 Å². The van der Waals surface area contributed by atoms with Gasteiger partial charge in [-0.3, -0.25) is 0 Å². The van der Waals surface area contributed by atoms with Gasteiger partial charge in [0.1, 0.15) is 0 Å². The number of hydrogen-bond donors (Lipinski definition) is 2. The molecule has 2 N–H and O–H groups in total. The number of aliphatic hydroxyl groups is 1. The van der Waals surface area contributed by atoms with Crippen molar-refractivity contribution in [3.05, 3.63) is 28.2 Å². The van der Waals surface area contributed by atoms with Crippen molar-refractivity contribution in [3.63, 3.8) is 0 Å². The van der Waals surface area contributed by atoms with Crippen molar-refractivity contribution in [1.82, 2.24) is 4.31 Å². The van der Waals surface area contributed by atoms with Crippen molar-refractivity contribution < 1.29 is 23.4 Å². The predicted octanol–water partition coefficient (Wildman–Crippen LogP) is 1.54. The van der Waals surface area contributed by atoms with Crippen LogP contribution in [0, 0.1) is 5.92 Å². The third-order valence-corrected chi connectivity index (χ3v) is 6.14. The summed E-state index contributed by atoms with van der Waals surface area (Å²) in [5, 5.41) is 18.0. The van der Waals surface area contributed by atoms with Crippen molar-refractivity contribution in [1.29, 1.82) is 0 Å². The van der Waals surface area contributed by atoms with Crippen LogP contribution in [0.1, 0.15) is 23.2 Å². The van der Waals surface area contributed by atoms with E-state index >= 15 is 0 Å². The highest BCUT2D eigenvalue weighted by atomic mass is 79.9. The van der Waals surface area contributed by atoms with Crippen molar-refractivity contribution in [3.8, 4) is 0 Å². The Bertz CT molecular complexity index is 646. The molecule has 0 saturated carbocycles. The molecule has 1 aromatic rings. The van der Waals surface area contributed by atoms with Gasteiger partial charge in [0.2, 0.25) is 10.0 Å². The molecule has 0 radical (unpaired) electrons. The first-order chi connectivity index (χ1) is 9.86. The molecule has 1 unspecified atom stereocenters. The van der Waals surface area contributed by atoms with Crippen LogP contribution in [0.3, 0.4) is 0 Å². The number of rotatable bonds is 5. The number of nitrogens with zero attached hydrogens (tertiary/aromatic N) is 1. The molecule has 0 bridgehead atoms. The Hall–Kier alpha value is -0.960. The van der Waals surface area contributed by atoms with Crippen LogP contribution in [0.15, 0.2) is 27.6 Å². The van der Waals surface area contributed by atoms with Gasteiger partial charge in [0.05, 0.1) is 10.5 Å². The monoisotopic (exact) mass is 377 g/mol. The van der Waals surface area contributed by atoms with E-state index in [0.717, 1.165) is 0 Å². The maximum atomic E-state index is 12.5. The molecule has 1 aliphatic rings. The lowest BCUT2D eigenvalue weighted by Gasteiger charge is -2.17. The Balaban J connectivity index is 2.28. The third kappa shape index (κ3) is 3.45. The maximum absolute atomic E-state index is 12.5. The molecule has 8 heteroatoms. The van der Waals surface area contributed by atoms with Crippen LogP contribution in [0.4, 0.5) is 0 Å². The maximum Gasteiger partial charge on any atom is 0.336 e. The van der Waals surface area contributed by atoms with E-state index in [1.807, 2.05) is 0 Å². The zero-order chi connectivity index (χ0) is 15.6. The number of benzene rings is 1. The highest BCUT2D eigenvalue weighted by Crippen LogP contribution is 2.28. The lowest BCUT2D eigenvalue weighted by molar-refractivity contribution is 0.0695. The summed E-state index contributed by atoms with van der Waals surface area (Å²) in [6, 6.07) is 3.99. The standard InChI is InChI=1S/C13H16BrNO5S/c14-12-2-1-10(7-11(12)13(17)18)21(19,20)15-5-3-9(8-15)4-6-16/h1-2,7,9,16H,3-6,8H2,(H,17,18). The first-order valence-corrected chi connectivity index (χ1v) is 8.73. The van der Waals surface area contributed by atoms with Crippen LogP contribution in [-0.4, -0.2) is 48.6 Å². The predicted molar refractivity (Wildman–Crippen MR) is 79.7 cm³/mol. The average molecular weight is 378 g/mol. The van der Waals surface area contributed by atoms with E-state index < -0.39 is 16.0 Å². The topological polar surface area (TPSA) is 94.9 Å². The number of halogens is 1. The van der Waals surface area contributed by atoms with Crippen LogP contribution in [0.2, 0.25) is 0 Å². The smallest absolute Gasteiger partial charge is 0.336 e. The molecule has 6 nitrogen and oxygen atoms in total. The van der Waals surface area contributed by atoms with Gasteiger partial charge in [-0.25, -0.2) is 13.2 Å². The summed E-state index contributed by atoms with van der Waals surface area (Å²) in [6.45, 7) is 0.798. The minimum Gasteiger partial charge on any atom is -0.478 e. The fourth-order valence-electron chi connectivity index (χ4n) is 2.41. The summed E-state index contributed by atoms with van der Waals surface area (Å²) in [4.78, 5) is 11.1. The van der Waals surface area contributed by atoms with Crippen molar-refractivity contribution in [2.24, 2.45) is 5.92 Å². The molecule has 1 fully saturated rings. The second kappa shape index (κ2) is 6.43. The highest BCUT2D eigenvalue weighted by Gasteiger charge is 2.32. The molecule has 0 aromatic heterocycles. The van der Waals surface area contributed by atoms with E-state index in [0.29, 0.717) is 30.4 Å². The average Bonchev–Trinajstić information content (AvgIpc) is 2.88. The molecule has 1 saturated heterocycles. The van der Waals surface area contributed by atoms with Gasteiger partial charge < -0.3 is 10.2 Å². The quantitative estimate of drug-likeness (QED) is 0.811.